The molecule has 0 aliphatic carbocycles. The van der Waals surface area contributed by atoms with Gasteiger partial charge in [0.05, 0.1) is 23.4 Å². The standard InChI is InChI=1S/C23H15ClFN3O5S2/c1-2-30-17-7-12(3-5-16(17)33-20-14(25)10-26-22(24)27-20)8-19-21(29)28(23(34)35-19)13-4-6-15-18(9-13)32-11-31-15/h3-10H,2,11H2,1H3/b19-8+. The highest BCUT2D eigenvalue weighted by Gasteiger charge is 2.34. The van der Waals surface area contributed by atoms with Gasteiger partial charge in [-0.25, -0.2) is 4.98 Å². The average Bonchev–Trinajstić information content (AvgIpc) is 3.41. The number of ether oxygens (including phenoxy) is 4. The number of halogens is 2. The Labute approximate surface area is 213 Å². The molecule has 5 rings (SSSR count). The van der Waals surface area contributed by atoms with Crippen LogP contribution >= 0.6 is 35.6 Å². The molecular weight excluding hydrogens is 517 g/mol. The van der Waals surface area contributed by atoms with Crippen molar-refractivity contribution in [3.05, 3.63) is 64.2 Å². The van der Waals surface area contributed by atoms with E-state index < -0.39 is 5.82 Å². The first-order chi connectivity index (χ1) is 16.9. The van der Waals surface area contributed by atoms with Crippen LogP contribution in [0.5, 0.6) is 28.9 Å². The highest BCUT2D eigenvalue weighted by Crippen LogP contribution is 2.41. The van der Waals surface area contributed by atoms with Crippen LogP contribution in [-0.2, 0) is 4.79 Å². The molecule has 0 unspecified atom stereocenters. The monoisotopic (exact) mass is 531 g/mol. The van der Waals surface area contributed by atoms with Crippen molar-refractivity contribution in [3.8, 4) is 28.9 Å². The molecule has 35 heavy (non-hydrogen) atoms. The van der Waals surface area contributed by atoms with E-state index in [4.69, 9.17) is 42.8 Å². The summed E-state index contributed by atoms with van der Waals surface area (Å²) in [5, 5.41) is -0.152. The van der Waals surface area contributed by atoms with Gasteiger partial charge in [-0.15, -0.1) is 0 Å². The number of carbonyl (C=O) groups excluding carboxylic acids is 1. The molecule has 3 heterocycles. The summed E-state index contributed by atoms with van der Waals surface area (Å²) in [6.45, 7) is 2.27. The second-order valence-electron chi connectivity index (χ2n) is 7.09. The summed E-state index contributed by atoms with van der Waals surface area (Å²) in [7, 11) is 0. The normalized spacial score (nSPS) is 15.7. The van der Waals surface area contributed by atoms with Crippen molar-refractivity contribution in [2.75, 3.05) is 18.3 Å². The van der Waals surface area contributed by atoms with Gasteiger partial charge in [-0.2, -0.15) is 9.37 Å². The van der Waals surface area contributed by atoms with E-state index in [-0.39, 0.29) is 29.6 Å². The predicted molar refractivity (Wildman–Crippen MR) is 133 cm³/mol. The largest absolute Gasteiger partial charge is 0.490 e. The lowest BCUT2D eigenvalue weighted by molar-refractivity contribution is -0.113. The van der Waals surface area contributed by atoms with Crippen molar-refractivity contribution < 1.29 is 28.1 Å². The first kappa shape index (κ1) is 23.3. The van der Waals surface area contributed by atoms with Crippen molar-refractivity contribution in [1.29, 1.82) is 0 Å². The van der Waals surface area contributed by atoms with Crippen LogP contribution in [0.3, 0.4) is 0 Å². The molecule has 178 valence electrons. The van der Waals surface area contributed by atoms with Crippen LogP contribution in [0.1, 0.15) is 12.5 Å². The van der Waals surface area contributed by atoms with Crippen molar-refractivity contribution in [3.63, 3.8) is 0 Å². The van der Waals surface area contributed by atoms with Crippen LogP contribution in [0.25, 0.3) is 6.08 Å². The zero-order valence-corrected chi connectivity index (χ0v) is 20.4. The van der Waals surface area contributed by atoms with Gasteiger partial charge >= 0.3 is 0 Å². The molecule has 3 aromatic rings. The minimum atomic E-state index is -0.770. The van der Waals surface area contributed by atoms with Gasteiger partial charge in [-0.1, -0.05) is 30.0 Å². The molecule has 12 heteroatoms. The lowest BCUT2D eigenvalue weighted by atomic mass is 10.1. The van der Waals surface area contributed by atoms with Crippen LogP contribution < -0.4 is 23.8 Å². The highest BCUT2D eigenvalue weighted by molar-refractivity contribution is 8.27. The summed E-state index contributed by atoms with van der Waals surface area (Å²) in [6, 6.07) is 10.2. The molecule has 2 aromatic carbocycles. The maximum Gasteiger partial charge on any atom is 0.270 e. The minimum Gasteiger partial charge on any atom is -0.490 e. The Morgan fingerprint density at radius 2 is 2.06 bits per heavy atom. The third-order valence-corrected chi connectivity index (χ3v) is 6.35. The van der Waals surface area contributed by atoms with E-state index >= 15 is 0 Å². The number of anilines is 1. The fraction of sp³-hybridized carbons (Fsp3) is 0.130. The van der Waals surface area contributed by atoms with Crippen molar-refractivity contribution in [2.45, 2.75) is 6.92 Å². The first-order valence-electron chi connectivity index (χ1n) is 10.2. The number of amides is 1. The van der Waals surface area contributed by atoms with Gasteiger partial charge in [0.15, 0.2) is 27.3 Å². The molecule has 0 radical (unpaired) electrons. The number of aromatic nitrogens is 2. The SMILES string of the molecule is CCOc1cc(/C=C2/SC(=S)N(c3ccc4c(c3)OCO4)C2=O)ccc1Oc1nc(Cl)ncc1F. The number of rotatable bonds is 6. The fourth-order valence-corrected chi connectivity index (χ4v) is 4.76. The molecule has 1 aromatic heterocycles. The lowest BCUT2D eigenvalue weighted by Crippen LogP contribution is -2.27. The number of benzene rings is 2. The number of nitrogens with zero attached hydrogens (tertiary/aromatic N) is 3. The summed E-state index contributed by atoms with van der Waals surface area (Å²) >= 11 is 12.4. The van der Waals surface area contributed by atoms with Gasteiger partial charge < -0.3 is 18.9 Å². The van der Waals surface area contributed by atoms with E-state index in [2.05, 4.69) is 9.97 Å². The molecule has 1 amide bonds. The summed E-state index contributed by atoms with van der Waals surface area (Å²) in [5.41, 5.74) is 1.25. The molecule has 0 atom stereocenters. The Hall–Kier alpha value is -3.41. The Morgan fingerprint density at radius 1 is 1.23 bits per heavy atom. The second kappa shape index (κ2) is 9.68. The number of carbonyl (C=O) groups is 1. The Kier molecular flexibility index (Phi) is 6.46. The Morgan fingerprint density at radius 3 is 2.89 bits per heavy atom. The molecule has 0 N–H and O–H groups in total. The lowest BCUT2D eigenvalue weighted by Gasteiger charge is -2.15. The average molecular weight is 532 g/mol. The molecule has 0 saturated carbocycles. The minimum absolute atomic E-state index is 0.135. The number of fused-ring (bicyclic) bond motifs is 1. The zero-order valence-electron chi connectivity index (χ0n) is 18.0. The molecule has 2 aliphatic heterocycles. The van der Waals surface area contributed by atoms with Crippen LogP contribution in [0.2, 0.25) is 5.28 Å². The molecule has 8 nitrogen and oxygen atoms in total. The van der Waals surface area contributed by atoms with Gasteiger partial charge in [0, 0.05) is 6.07 Å². The zero-order chi connectivity index (χ0) is 24.5. The number of hydrogen-bond donors (Lipinski definition) is 0. The summed E-state index contributed by atoms with van der Waals surface area (Å²) < 4.78 is 36.4. The van der Waals surface area contributed by atoms with E-state index in [0.29, 0.717) is 44.3 Å². The quantitative estimate of drug-likeness (QED) is 0.229. The maximum absolute atomic E-state index is 14.0. The van der Waals surface area contributed by atoms with Crippen molar-refractivity contribution in [2.24, 2.45) is 0 Å². The fourth-order valence-electron chi connectivity index (χ4n) is 3.34. The topological polar surface area (TPSA) is 83.0 Å². The molecule has 0 spiro atoms. The number of thiocarbonyl (C=S) groups is 1. The maximum atomic E-state index is 14.0. The molecule has 1 fully saturated rings. The first-order valence-corrected chi connectivity index (χ1v) is 11.8. The van der Waals surface area contributed by atoms with E-state index in [1.807, 2.05) is 0 Å². The van der Waals surface area contributed by atoms with E-state index in [9.17, 15) is 9.18 Å². The van der Waals surface area contributed by atoms with Gasteiger partial charge in [0.2, 0.25) is 17.9 Å². The number of hydrogen-bond acceptors (Lipinski definition) is 9. The molecule has 0 bridgehead atoms. The third-order valence-electron chi connectivity index (χ3n) is 4.86. The summed E-state index contributed by atoms with van der Waals surface area (Å²) in [4.78, 5) is 22.4. The molecular formula is C23H15ClFN3O5S2. The summed E-state index contributed by atoms with van der Waals surface area (Å²) in [6.07, 6.45) is 2.61. The van der Waals surface area contributed by atoms with Crippen LogP contribution in [0.4, 0.5) is 10.1 Å². The molecule has 2 aliphatic rings. The van der Waals surface area contributed by atoms with E-state index in [1.165, 1.54) is 16.7 Å². The van der Waals surface area contributed by atoms with Crippen LogP contribution in [-0.4, -0.2) is 33.6 Å². The smallest absolute Gasteiger partial charge is 0.270 e. The van der Waals surface area contributed by atoms with Crippen LogP contribution in [0.15, 0.2) is 47.5 Å². The van der Waals surface area contributed by atoms with Gasteiger partial charge in [-0.3, -0.25) is 9.69 Å². The van der Waals surface area contributed by atoms with Crippen molar-refractivity contribution in [1.82, 2.24) is 9.97 Å². The van der Waals surface area contributed by atoms with Gasteiger partial charge in [0.25, 0.3) is 11.8 Å². The van der Waals surface area contributed by atoms with Crippen LogP contribution in [0, 0.1) is 5.82 Å². The van der Waals surface area contributed by atoms with Gasteiger partial charge in [0.1, 0.15) is 0 Å². The van der Waals surface area contributed by atoms with Gasteiger partial charge in [-0.05, 0) is 54.4 Å². The van der Waals surface area contributed by atoms with E-state index in [1.54, 1.807) is 49.4 Å². The number of thioether (sulfide) groups is 1. The second-order valence-corrected chi connectivity index (χ2v) is 9.10. The molecule has 1 saturated heterocycles. The van der Waals surface area contributed by atoms with E-state index in [0.717, 1.165) is 6.20 Å². The Balaban J connectivity index is 1.42. The Bertz CT molecular complexity index is 1390. The summed E-state index contributed by atoms with van der Waals surface area (Å²) in [5.74, 6) is 0.363. The third kappa shape index (κ3) is 4.75. The highest BCUT2D eigenvalue weighted by atomic mass is 35.5. The van der Waals surface area contributed by atoms with Crippen molar-refractivity contribution >= 4 is 57.6 Å². The predicted octanol–water partition coefficient (Wildman–Crippen LogP) is 5.59.